The van der Waals surface area contributed by atoms with Crippen LogP contribution >= 0.6 is 0 Å². The highest BCUT2D eigenvalue weighted by atomic mass is 15.0. The second kappa shape index (κ2) is 9.42. The predicted octanol–water partition coefficient (Wildman–Crippen LogP) is 9.86. The Hall–Kier alpha value is -5.08. The first-order valence-corrected chi connectivity index (χ1v) is 13.0. The van der Waals surface area contributed by atoms with Gasteiger partial charge in [-0.3, -0.25) is 0 Å². The first-order valence-electron chi connectivity index (χ1n) is 13.0. The summed E-state index contributed by atoms with van der Waals surface area (Å²) in [6.07, 6.45) is 0. The SMILES string of the molecule is c1ccc(-c2cccc(-c3ccccc3)c2Nc2cccc(-n3c4ccccc4c4ccccc43)c2)cc1. The van der Waals surface area contributed by atoms with Crippen LogP contribution in [-0.4, -0.2) is 4.57 Å². The zero-order valence-corrected chi connectivity index (χ0v) is 20.9. The van der Waals surface area contributed by atoms with Crippen LogP contribution in [0.15, 0.2) is 152 Å². The van der Waals surface area contributed by atoms with Gasteiger partial charge >= 0.3 is 0 Å². The monoisotopic (exact) mass is 486 g/mol. The number of para-hydroxylation sites is 3. The summed E-state index contributed by atoms with van der Waals surface area (Å²) < 4.78 is 2.36. The molecule has 2 heteroatoms. The summed E-state index contributed by atoms with van der Waals surface area (Å²) in [4.78, 5) is 0. The van der Waals surface area contributed by atoms with Gasteiger partial charge in [-0.25, -0.2) is 0 Å². The van der Waals surface area contributed by atoms with Crippen molar-refractivity contribution in [1.82, 2.24) is 4.57 Å². The lowest BCUT2D eigenvalue weighted by Crippen LogP contribution is -1.99. The lowest BCUT2D eigenvalue weighted by Gasteiger charge is -2.18. The smallest absolute Gasteiger partial charge is 0.0543 e. The molecule has 0 aliphatic heterocycles. The molecule has 0 aliphatic carbocycles. The molecule has 38 heavy (non-hydrogen) atoms. The zero-order chi connectivity index (χ0) is 25.3. The van der Waals surface area contributed by atoms with Crippen LogP contribution in [0.3, 0.4) is 0 Å². The van der Waals surface area contributed by atoms with Crippen LogP contribution in [0.1, 0.15) is 0 Å². The average molecular weight is 487 g/mol. The molecule has 0 aliphatic rings. The number of anilines is 2. The van der Waals surface area contributed by atoms with E-state index in [0.717, 1.165) is 17.1 Å². The molecule has 180 valence electrons. The number of nitrogens with one attached hydrogen (secondary N) is 1. The summed E-state index contributed by atoms with van der Waals surface area (Å²) in [7, 11) is 0. The Kier molecular flexibility index (Phi) is 5.49. The number of hydrogen-bond acceptors (Lipinski definition) is 1. The van der Waals surface area contributed by atoms with Gasteiger partial charge in [0.15, 0.2) is 0 Å². The standard InChI is InChI=1S/C36H26N2/c1-3-13-26(14-4-1)30-21-12-22-31(27-15-5-2-6-16-27)36(30)37-28-17-11-18-29(25-28)38-34-23-9-7-19-32(34)33-20-8-10-24-35(33)38/h1-25,37H. The van der Waals surface area contributed by atoms with Gasteiger partial charge in [-0.05, 0) is 41.5 Å². The van der Waals surface area contributed by atoms with Crippen molar-refractivity contribution in [3.05, 3.63) is 152 Å². The van der Waals surface area contributed by atoms with Gasteiger partial charge in [0.1, 0.15) is 0 Å². The Labute approximate surface area is 222 Å². The fraction of sp³-hybridized carbons (Fsp3) is 0. The second-order valence-corrected chi connectivity index (χ2v) is 9.51. The van der Waals surface area contributed by atoms with Crippen molar-refractivity contribution < 1.29 is 0 Å². The molecular weight excluding hydrogens is 460 g/mol. The molecule has 0 saturated carbocycles. The van der Waals surface area contributed by atoms with Gasteiger partial charge in [0.25, 0.3) is 0 Å². The highest BCUT2D eigenvalue weighted by Gasteiger charge is 2.14. The van der Waals surface area contributed by atoms with Crippen molar-refractivity contribution in [2.75, 3.05) is 5.32 Å². The van der Waals surface area contributed by atoms with Crippen molar-refractivity contribution in [3.8, 4) is 27.9 Å². The summed E-state index contributed by atoms with van der Waals surface area (Å²) in [6, 6.07) is 53.7. The van der Waals surface area contributed by atoms with E-state index in [2.05, 4.69) is 162 Å². The Morgan fingerprint density at radius 1 is 0.421 bits per heavy atom. The molecule has 2 nitrogen and oxygen atoms in total. The summed E-state index contributed by atoms with van der Waals surface area (Å²) in [5.74, 6) is 0. The van der Waals surface area contributed by atoms with Crippen LogP contribution in [0.25, 0.3) is 49.7 Å². The van der Waals surface area contributed by atoms with Gasteiger partial charge in [0.05, 0.1) is 16.7 Å². The Balaban J connectivity index is 1.39. The van der Waals surface area contributed by atoms with Crippen LogP contribution in [0.4, 0.5) is 11.4 Å². The number of hydrogen-bond donors (Lipinski definition) is 1. The fourth-order valence-electron chi connectivity index (χ4n) is 5.47. The summed E-state index contributed by atoms with van der Waals surface area (Å²) in [5, 5.41) is 6.36. The van der Waals surface area contributed by atoms with Gasteiger partial charge in [0.2, 0.25) is 0 Å². The molecule has 1 aromatic heterocycles. The minimum atomic E-state index is 1.05. The molecule has 0 saturated heterocycles. The van der Waals surface area contributed by atoms with Crippen molar-refractivity contribution in [2.24, 2.45) is 0 Å². The van der Waals surface area contributed by atoms with Gasteiger partial charge in [0, 0.05) is 33.3 Å². The molecule has 1 N–H and O–H groups in total. The van der Waals surface area contributed by atoms with Crippen LogP contribution < -0.4 is 5.32 Å². The lowest BCUT2D eigenvalue weighted by atomic mass is 9.95. The maximum Gasteiger partial charge on any atom is 0.0543 e. The molecule has 0 radical (unpaired) electrons. The maximum absolute atomic E-state index is 3.82. The number of rotatable bonds is 5. The normalized spacial score (nSPS) is 11.2. The third-order valence-electron chi connectivity index (χ3n) is 7.19. The number of aromatic nitrogens is 1. The minimum absolute atomic E-state index is 1.05. The molecule has 7 aromatic rings. The third-order valence-corrected chi connectivity index (χ3v) is 7.19. The van der Waals surface area contributed by atoms with Crippen LogP contribution in [0, 0.1) is 0 Å². The van der Waals surface area contributed by atoms with Crippen molar-refractivity contribution in [3.63, 3.8) is 0 Å². The van der Waals surface area contributed by atoms with Gasteiger partial charge in [-0.15, -0.1) is 0 Å². The minimum Gasteiger partial charge on any atom is -0.354 e. The zero-order valence-electron chi connectivity index (χ0n) is 20.9. The highest BCUT2D eigenvalue weighted by Crippen LogP contribution is 2.39. The first kappa shape index (κ1) is 22.1. The Bertz CT molecular complexity index is 1770. The molecular formula is C36H26N2. The van der Waals surface area contributed by atoms with E-state index in [1.54, 1.807) is 0 Å². The number of nitrogens with zero attached hydrogens (tertiary/aromatic N) is 1. The maximum atomic E-state index is 3.82. The molecule has 0 amide bonds. The molecule has 7 rings (SSSR count). The predicted molar refractivity (Wildman–Crippen MR) is 161 cm³/mol. The Morgan fingerprint density at radius 2 is 0.921 bits per heavy atom. The number of benzene rings is 6. The summed E-state index contributed by atoms with van der Waals surface area (Å²) in [6.45, 7) is 0. The van der Waals surface area contributed by atoms with E-state index in [4.69, 9.17) is 0 Å². The van der Waals surface area contributed by atoms with E-state index in [1.807, 2.05) is 0 Å². The lowest BCUT2D eigenvalue weighted by molar-refractivity contribution is 1.18. The molecule has 0 unspecified atom stereocenters. The van der Waals surface area contributed by atoms with Gasteiger partial charge in [-0.1, -0.05) is 121 Å². The van der Waals surface area contributed by atoms with E-state index >= 15 is 0 Å². The molecule has 1 heterocycles. The van der Waals surface area contributed by atoms with Crippen LogP contribution in [-0.2, 0) is 0 Å². The summed E-state index contributed by atoms with van der Waals surface area (Å²) >= 11 is 0. The van der Waals surface area contributed by atoms with Crippen LogP contribution in [0.2, 0.25) is 0 Å². The first-order chi connectivity index (χ1) is 18.9. The van der Waals surface area contributed by atoms with E-state index in [1.165, 1.54) is 44.1 Å². The molecule has 0 atom stereocenters. The van der Waals surface area contributed by atoms with E-state index in [0.29, 0.717) is 0 Å². The van der Waals surface area contributed by atoms with E-state index in [9.17, 15) is 0 Å². The van der Waals surface area contributed by atoms with Crippen molar-refractivity contribution in [2.45, 2.75) is 0 Å². The average Bonchev–Trinajstić information content (AvgIpc) is 3.33. The van der Waals surface area contributed by atoms with Crippen molar-refractivity contribution >= 4 is 33.2 Å². The van der Waals surface area contributed by atoms with Crippen LogP contribution in [0.5, 0.6) is 0 Å². The third kappa shape index (κ3) is 3.84. The summed E-state index contributed by atoms with van der Waals surface area (Å²) in [5.41, 5.74) is 10.4. The quantitative estimate of drug-likeness (QED) is 0.256. The molecule has 0 spiro atoms. The highest BCUT2D eigenvalue weighted by molar-refractivity contribution is 6.09. The van der Waals surface area contributed by atoms with E-state index < -0.39 is 0 Å². The number of fused-ring (bicyclic) bond motifs is 3. The molecule has 0 fully saturated rings. The molecule has 0 bridgehead atoms. The second-order valence-electron chi connectivity index (χ2n) is 9.51. The topological polar surface area (TPSA) is 17.0 Å². The van der Waals surface area contributed by atoms with E-state index in [-0.39, 0.29) is 0 Å². The molecule has 6 aromatic carbocycles. The van der Waals surface area contributed by atoms with Gasteiger partial charge < -0.3 is 9.88 Å². The van der Waals surface area contributed by atoms with Crippen molar-refractivity contribution in [1.29, 1.82) is 0 Å². The fourth-order valence-corrected chi connectivity index (χ4v) is 5.47. The largest absolute Gasteiger partial charge is 0.354 e. The van der Waals surface area contributed by atoms with Gasteiger partial charge in [-0.2, -0.15) is 0 Å². The Morgan fingerprint density at radius 3 is 1.50 bits per heavy atom.